The van der Waals surface area contributed by atoms with Gasteiger partial charge in [-0.2, -0.15) is 0 Å². The van der Waals surface area contributed by atoms with Crippen LogP contribution in [0.25, 0.3) is 0 Å². The second-order valence-electron chi connectivity index (χ2n) is 3.50. The Labute approximate surface area is 73.9 Å². The Morgan fingerprint density at radius 3 is 2.50 bits per heavy atom. The molecule has 2 atom stereocenters. The summed E-state index contributed by atoms with van der Waals surface area (Å²) in [6.45, 7) is 0.506. The summed E-state index contributed by atoms with van der Waals surface area (Å²) in [5.41, 5.74) is 0. The molecule has 0 aliphatic heterocycles. The van der Waals surface area contributed by atoms with E-state index in [0.717, 1.165) is 0 Å². The van der Waals surface area contributed by atoms with Gasteiger partial charge in [0.25, 0.3) is 0 Å². The molecule has 0 radical (unpaired) electrons. The third kappa shape index (κ3) is 7.72. The van der Waals surface area contributed by atoms with Crippen LogP contribution < -0.4 is 5.11 Å². The van der Waals surface area contributed by atoms with Crippen LogP contribution in [0.4, 0.5) is 0 Å². The van der Waals surface area contributed by atoms with E-state index < -0.39 is 11.9 Å². The summed E-state index contributed by atoms with van der Waals surface area (Å²) in [5.74, 6) is -0.667. The van der Waals surface area contributed by atoms with Crippen molar-refractivity contribution in [3.05, 3.63) is 0 Å². The van der Waals surface area contributed by atoms with E-state index in [2.05, 4.69) is 4.52 Å². The lowest BCUT2D eigenvalue weighted by molar-refractivity contribution is -0.871. The molecule has 0 heterocycles. The molecular weight excluding hydrogens is 179 g/mol. The molecule has 6 heteroatoms. The maximum atomic E-state index is 10.0. The van der Waals surface area contributed by atoms with Gasteiger partial charge < -0.3 is 19.2 Å². The van der Waals surface area contributed by atoms with Gasteiger partial charge >= 0.3 is 0 Å². The van der Waals surface area contributed by atoms with Gasteiger partial charge in [0.05, 0.1) is 21.1 Å². The topological polar surface area (TPSA) is 76.4 Å². The first-order chi connectivity index (χ1) is 5.31. The fourth-order valence-corrected chi connectivity index (χ4v) is 1.54. The fraction of sp³-hybridized carbons (Fsp3) is 0.833. The molecule has 0 aromatic carbocycles. The zero-order chi connectivity index (χ0) is 9.78. The zero-order valence-electron chi connectivity index (χ0n) is 7.50. The Hall–Kier alpha value is -0.380. The number of hydrogen-bond donors (Lipinski definition) is 2. The van der Waals surface area contributed by atoms with Crippen LogP contribution in [-0.4, -0.2) is 49.2 Å². The van der Waals surface area contributed by atoms with Crippen LogP contribution >= 0.6 is 8.81 Å². The minimum Gasteiger partial charge on any atom is -0.575 e. The van der Waals surface area contributed by atoms with Gasteiger partial charge in [-0.05, 0) is 8.81 Å². The molecule has 0 fully saturated rings. The highest BCUT2D eigenvalue weighted by molar-refractivity contribution is 7.33. The van der Waals surface area contributed by atoms with Crippen LogP contribution in [0.5, 0.6) is 0 Å². The van der Waals surface area contributed by atoms with Crippen molar-refractivity contribution in [2.75, 3.05) is 27.7 Å². The molecule has 0 spiro atoms. The molecule has 0 saturated carbocycles. The van der Waals surface area contributed by atoms with E-state index in [4.69, 9.17) is 5.41 Å². The molecule has 0 bridgehead atoms. The van der Waals surface area contributed by atoms with Crippen LogP contribution in [-0.2, 0) is 4.52 Å². The first-order valence-electron chi connectivity index (χ1n) is 3.48. The van der Waals surface area contributed by atoms with Crippen LogP contribution in [0.1, 0.15) is 0 Å². The van der Waals surface area contributed by atoms with Crippen molar-refractivity contribution < 1.29 is 19.2 Å². The fourth-order valence-electron chi connectivity index (χ4n) is 0.678. The van der Waals surface area contributed by atoms with Gasteiger partial charge in [-0.3, -0.25) is 5.41 Å². The standard InChI is InChI=1S/C6H15N2O3P/c1-8(2,3)4-5(9)12-11-6(7)10/h5,9,12H,4H2,1-3H3,(H-,7,10). The molecule has 0 aromatic heterocycles. The number of rotatable bonds is 4. The summed E-state index contributed by atoms with van der Waals surface area (Å²) < 4.78 is 4.95. The third-order valence-corrected chi connectivity index (χ3v) is 1.77. The predicted octanol–water partition coefficient (Wildman–Crippen LogP) is -1.08. The van der Waals surface area contributed by atoms with E-state index in [0.29, 0.717) is 11.0 Å². The molecule has 2 N–H and O–H groups in total. The molecule has 0 aliphatic carbocycles. The second kappa shape index (κ2) is 4.60. The van der Waals surface area contributed by atoms with Crippen LogP contribution in [0, 0.1) is 5.41 Å². The van der Waals surface area contributed by atoms with Crippen LogP contribution in [0.3, 0.4) is 0 Å². The predicted molar refractivity (Wildman–Crippen MR) is 46.0 cm³/mol. The maximum absolute atomic E-state index is 10.0. The van der Waals surface area contributed by atoms with Gasteiger partial charge in [0, 0.05) is 0 Å². The van der Waals surface area contributed by atoms with Gasteiger partial charge in [0.15, 0.2) is 0 Å². The summed E-state index contributed by atoms with van der Waals surface area (Å²) in [4.78, 5) is 0. The van der Waals surface area contributed by atoms with Crippen LogP contribution in [0.2, 0.25) is 0 Å². The van der Waals surface area contributed by atoms with Gasteiger partial charge in [-0.1, -0.05) is 0 Å². The molecule has 0 saturated heterocycles. The summed E-state index contributed by atoms with van der Waals surface area (Å²) in [7, 11) is 5.44. The number of likely N-dealkylation sites (N-methyl/N-ethyl adjacent to an activating group) is 1. The lowest BCUT2D eigenvalue weighted by Crippen LogP contribution is -2.40. The molecule has 2 unspecified atom stereocenters. The third-order valence-electron chi connectivity index (χ3n) is 1.01. The van der Waals surface area contributed by atoms with E-state index in [-0.39, 0.29) is 8.81 Å². The Kier molecular flexibility index (Phi) is 4.45. The molecular formula is C6H15N2O3P. The summed E-state index contributed by atoms with van der Waals surface area (Å²) >= 11 is 0. The summed E-state index contributed by atoms with van der Waals surface area (Å²) in [6, 6.07) is 0. The van der Waals surface area contributed by atoms with Gasteiger partial charge in [0.2, 0.25) is 0 Å². The quantitative estimate of drug-likeness (QED) is 0.258. The smallest absolute Gasteiger partial charge is 0.146 e. The molecule has 12 heavy (non-hydrogen) atoms. The van der Waals surface area contributed by atoms with Gasteiger partial charge in [0.1, 0.15) is 18.5 Å². The van der Waals surface area contributed by atoms with Gasteiger partial charge in [-0.15, -0.1) is 0 Å². The molecule has 5 nitrogen and oxygen atoms in total. The molecule has 0 amide bonds. The van der Waals surface area contributed by atoms with Crippen LogP contribution in [0.15, 0.2) is 0 Å². The Morgan fingerprint density at radius 2 is 2.17 bits per heavy atom. The largest absolute Gasteiger partial charge is 0.575 e. The molecule has 0 aromatic rings. The highest BCUT2D eigenvalue weighted by Gasteiger charge is 2.13. The van der Waals surface area contributed by atoms with E-state index in [1.165, 1.54) is 0 Å². The second-order valence-corrected chi connectivity index (χ2v) is 4.60. The number of nitrogens with one attached hydrogen (secondary N) is 1. The van der Waals surface area contributed by atoms with E-state index in [1.54, 1.807) is 0 Å². The van der Waals surface area contributed by atoms with E-state index in [1.807, 2.05) is 21.1 Å². The minimum absolute atomic E-state index is 0.337. The monoisotopic (exact) mass is 194 g/mol. The maximum Gasteiger partial charge on any atom is 0.146 e. The normalized spacial score (nSPS) is 15.0. The molecule has 0 aliphatic rings. The number of aliphatic hydroxyl groups is 1. The van der Waals surface area contributed by atoms with Crippen molar-refractivity contribution in [1.29, 1.82) is 5.41 Å². The molecule has 0 rings (SSSR count). The Bertz CT molecular complexity index is 157. The lowest BCUT2D eigenvalue weighted by atomic mass is 10.5. The van der Waals surface area contributed by atoms with Crippen molar-refractivity contribution in [3.8, 4) is 0 Å². The van der Waals surface area contributed by atoms with Gasteiger partial charge in [-0.25, -0.2) is 0 Å². The van der Waals surface area contributed by atoms with E-state index >= 15 is 0 Å². The first kappa shape index (κ1) is 11.6. The first-order valence-corrected chi connectivity index (χ1v) is 4.46. The van der Waals surface area contributed by atoms with Crippen molar-refractivity contribution in [1.82, 2.24) is 0 Å². The van der Waals surface area contributed by atoms with Crippen molar-refractivity contribution in [2.45, 2.75) is 5.85 Å². The number of quaternary nitrogens is 1. The Morgan fingerprint density at radius 1 is 1.67 bits per heavy atom. The average molecular weight is 194 g/mol. The molecule has 72 valence electrons. The minimum atomic E-state index is -1.09. The average Bonchev–Trinajstić information content (AvgIpc) is 1.79. The number of aliphatic hydroxyl groups excluding tert-OH is 1. The van der Waals surface area contributed by atoms with Crippen molar-refractivity contribution in [3.63, 3.8) is 0 Å². The zero-order valence-corrected chi connectivity index (χ0v) is 8.50. The number of hydrogen-bond acceptors (Lipinski definition) is 4. The SMILES string of the molecule is C[N+](C)(C)CC(O)POC(=N)[O-]. The van der Waals surface area contributed by atoms with Crippen molar-refractivity contribution in [2.24, 2.45) is 0 Å². The Balaban J connectivity index is 3.60. The summed E-state index contributed by atoms with van der Waals surface area (Å²) in [5, 5.41) is 25.8. The lowest BCUT2D eigenvalue weighted by Gasteiger charge is -2.28. The van der Waals surface area contributed by atoms with Crippen molar-refractivity contribution >= 4 is 14.9 Å². The summed E-state index contributed by atoms with van der Waals surface area (Å²) in [6.07, 6.45) is -1.09. The van der Waals surface area contributed by atoms with E-state index in [9.17, 15) is 10.2 Å². The highest BCUT2D eigenvalue weighted by Crippen LogP contribution is 2.18. The number of nitrogens with zero attached hydrogens (tertiary/aromatic N) is 1. The highest BCUT2D eigenvalue weighted by atomic mass is 31.1.